The van der Waals surface area contributed by atoms with Crippen LogP contribution in [-0.4, -0.2) is 47.6 Å². The average molecular weight is 297 g/mol. The number of hydrogen-bond donors (Lipinski definition) is 1. The largest absolute Gasteiger partial charge is 0.444 e. The summed E-state index contributed by atoms with van der Waals surface area (Å²) < 4.78 is 5.52. The predicted molar refractivity (Wildman–Crippen MR) is 86.8 cm³/mol. The van der Waals surface area contributed by atoms with Crippen LogP contribution in [0.2, 0.25) is 0 Å². The molecule has 1 N–H and O–H groups in total. The van der Waals surface area contributed by atoms with Gasteiger partial charge >= 0.3 is 6.09 Å². The van der Waals surface area contributed by atoms with Crippen molar-refractivity contribution in [2.24, 2.45) is 4.99 Å². The Hall–Kier alpha value is -1.26. The Morgan fingerprint density at radius 1 is 1.43 bits per heavy atom. The number of aliphatic imine (C=N–C) groups is 1. The Morgan fingerprint density at radius 2 is 2.10 bits per heavy atom. The molecule has 0 bridgehead atoms. The van der Waals surface area contributed by atoms with Gasteiger partial charge in [0.25, 0.3) is 0 Å². The molecule has 1 saturated heterocycles. The maximum atomic E-state index is 12.4. The van der Waals surface area contributed by atoms with E-state index < -0.39 is 5.60 Å². The van der Waals surface area contributed by atoms with Crippen molar-refractivity contribution in [1.29, 1.82) is 0 Å². The summed E-state index contributed by atoms with van der Waals surface area (Å²) in [5, 5.41) is 3.46. The van der Waals surface area contributed by atoms with Crippen LogP contribution < -0.4 is 5.32 Å². The van der Waals surface area contributed by atoms with Crippen LogP contribution in [0.1, 0.15) is 60.8 Å². The normalized spacial score (nSPS) is 21.3. The molecule has 0 radical (unpaired) electrons. The molecule has 1 heterocycles. The zero-order valence-electron chi connectivity index (χ0n) is 14.4. The molecule has 0 aliphatic carbocycles. The van der Waals surface area contributed by atoms with Gasteiger partial charge in [0.05, 0.1) is 6.04 Å². The second-order valence-electron chi connectivity index (χ2n) is 6.64. The summed E-state index contributed by atoms with van der Waals surface area (Å²) in [7, 11) is 0. The van der Waals surface area contributed by atoms with Gasteiger partial charge in [-0.05, 0) is 53.9 Å². The number of nitrogens with zero attached hydrogens (tertiary/aromatic N) is 2. The van der Waals surface area contributed by atoms with Gasteiger partial charge < -0.3 is 10.1 Å². The molecule has 1 rings (SSSR count). The molecular weight excluding hydrogens is 266 g/mol. The van der Waals surface area contributed by atoms with Crippen molar-refractivity contribution in [3.05, 3.63) is 0 Å². The molecule has 0 spiro atoms. The number of hydrogen-bond acceptors (Lipinski definition) is 3. The predicted octanol–water partition coefficient (Wildman–Crippen LogP) is 3.19. The Morgan fingerprint density at radius 3 is 2.62 bits per heavy atom. The van der Waals surface area contributed by atoms with Crippen LogP contribution in [-0.2, 0) is 4.74 Å². The van der Waals surface area contributed by atoms with E-state index in [0.29, 0.717) is 6.04 Å². The topological polar surface area (TPSA) is 53.9 Å². The van der Waals surface area contributed by atoms with Gasteiger partial charge in [0.2, 0.25) is 0 Å². The number of carbonyl (C=O) groups is 1. The number of amides is 1. The molecule has 5 heteroatoms. The monoisotopic (exact) mass is 297 g/mol. The highest BCUT2D eigenvalue weighted by molar-refractivity contribution is 5.91. The quantitative estimate of drug-likeness (QED) is 0.640. The van der Waals surface area contributed by atoms with E-state index >= 15 is 0 Å². The third-order valence-corrected chi connectivity index (χ3v) is 3.53. The molecule has 0 aromatic rings. The van der Waals surface area contributed by atoms with E-state index in [-0.39, 0.29) is 12.1 Å². The van der Waals surface area contributed by atoms with Crippen LogP contribution in [0.4, 0.5) is 4.79 Å². The van der Waals surface area contributed by atoms with E-state index in [0.717, 1.165) is 38.2 Å². The molecule has 0 saturated carbocycles. The Bertz CT molecular complexity index is 374. The molecule has 0 aromatic carbocycles. The number of carbonyl (C=O) groups excluding carboxylic acids is 1. The van der Waals surface area contributed by atoms with E-state index in [1.54, 1.807) is 0 Å². The van der Waals surface area contributed by atoms with Crippen LogP contribution in [0.15, 0.2) is 4.99 Å². The molecule has 0 unspecified atom stereocenters. The van der Waals surface area contributed by atoms with Gasteiger partial charge in [0, 0.05) is 19.1 Å². The molecule has 5 nitrogen and oxygen atoms in total. The second-order valence-corrected chi connectivity index (χ2v) is 6.64. The van der Waals surface area contributed by atoms with Gasteiger partial charge in [-0.25, -0.2) is 4.79 Å². The molecule has 122 valence electrons. The van der Waals surface area contributed by atoms with Crippen molar-refractivity contribution in [3.8, 4) is 0 Å². The summed E-state index contributed by atoms with van der Waals surface area (Å²) in [5.41, 5.74) is -0.462. The molecule has 21 heavy (non-hydrogen) atoms. The van der Waals surface area contributed by atoms with Crippen molar-refractivity contribution in [2.45, 2.75) is 78.5 Å². The summed E-state index contributed by atoms with van der Waals surface area (Å²) in [6.45, 7) is 13.4. The number of amidine groups is 1. The molecule has 1 amide bonds. The maximum absolute atomic E-state index is 12.4. The average Bonchev–Trinajstić information content (AvgIpc) is 2.85. The molecular formula is C16H31N3O2. The van der Waals surface area contributed by atoms with Crippen LogP contribution in [0.3, 0.4) is 0 Å². The fourth-order valence-electron chi connectivity index (χ4n) is 2.36. The van der Waals surface area contributed by atoms with E-state index in [2.05, 4.69) is 24.2 Å². The van der Waals surface area contributed by atoms with E-state index in [4.69, 9.17) is 4.74 Å². The minimum Gasteiger partial charge on any atom is -0.444 e. The third kappa shape index (κ3) is 5.56. The lowest BCUT2D eigenvalue weighted by atomic mass is 10.1. The van der Waals surface area contributed by atoms with Crippen LogP contribution in [0.25, 0.3) is 0 Å². The van der Waals surface area contributed by atoms with Crippen LogP contribution in [0.5, 0.6) is 0 Å². The van der Waals surface area contributed by atoms with E-state index in [9.17, 15) is 4.79 Å². The summed E-state index contributed by atoms with van der Waals surface area (Å²) >= 11 is 0. The molecule has 1 aliphatic rings. The summed E-state index contributed by atoms with van der Waals surface area (Å²) in [6, 6.07) is 0.380. The van der Waals surface area contributed by atoms with Gasteiger partial charge in [-0.3, -0.25) is 9.89 Å². The minimum atomic E-state index is -0.462. The zero-order chi connectivity index (χ0) is 16.0. The lowest BCUT2D eigenvalue weighted by Gasteiger charge is -2.30. The first-order valence-corrected chi connectivity index (χ1v) is 8.09. The van der Waals surface area contributed by atoms with Gasteiger partial charge in [-0.1, -0.05) is 6.92 Å². The molecule has 2 atom stereocenters. The van der Waals surface area contributed by atoms with Gasteiger partial charge in [-0.15, -0.1) is 0 Å². The van der Waals surface area contributed by atoms with Crippen LogP contribution >= 0.6 is 0 Å². The Kier molecular flexibility index (Phi) is 6.49. The summed E-state index contributed by atoms with van der Waals surface area (Å²) in [6.07, 6.45) is 2.73. The van der Waals surface area contributed by atoms with Crippen molar-refractivity contribution >= 4 is 11.9 Å². The SMILES string of the molecule is CCN=C(N[C@H](C)CC)[C@@H]1CCCN1C(=O)OC(C)(C)C. The number of ether oxygens (including phenoxy) is 1. The second kappa shape index (κ2) is 7.66. The van der Waals surface area contributed by atoms with Crippen molar-refractivity contribution < 1.29 is 9.53 Å². The fraction of sp³-hybridized carbons (Fsp3) is 0.875. The first kappa shape index (κ1) is 17.8. The highest BCUT2D eigenvalue weighted by Crippen LogP contribution is 2.21. The lowest BCUT2D eigenvalue weighted by molar-refractivity contribution is 0.0263. The first-order chi connectivity index (χ1) is 9.78. The van der Waals surface area contributed by atoms with Crippen molar-refractivity contribution in [3.63, 3.8) is 0 Å². The van der Waals surface area contributed by atoms with Gasteiger partial charge in [0.1, 0.15) is 11.4 Å². The van der Waals surface area contributed by atoms with Crippen molar-refractivity contribution in [2.75, 3.05) is 13.1 Å². The molecule has 1 aliphatic heterocycles. The molecule has 1 fully saturated rings. The Labute approximate surface area is 129 Å². The minimum absolute atomic E-state index is 0.0220. The first-order valence-electron chi connectivity index (χ1n) is 8.09. The van der Waals surface area contributed by atoms with E-state index in [1.807, 2.05) is 32.6 Å². The van der Waals surface area contributed by atoms with Crippen LogP contribution in [0, 0.1) is 0 Å². The van der Waals surface area contributed by atoms with Crippen molar-refractivity contribution in [1.82, 2.24) is 10.2 Å². The number of likely N-dealkylation sites (tertiary alicyclic amines) is 1. The van der Waals surface area contributed by atoms with E-state index in [1.165, 1.54) is 0 Å². The third-order valence-electron chi connectivity index (χ3n) is 3.53. The molecule has 0 aromatic heterocycles. The number of nitrogens with one attached hydrogen (secondary N) is 1. The van der Waals surface area contributed by atoms with Gasteiger partial charge in [0.15, 0.2) is 0 Å². The summed E-state index contributed by atoms with van der Waals surface area (Å²) in [4.78, 5) is 18.8. The summed E-state index contributed by atoms with van der Waals surface area (Å²) in [5.74, 6) is 0.926. The fourth-order valence-corrected chi connectivity index (χ4v) is 2.36. The standard InChI is InChI=1S/C16H31N3O2/c1-7-12(3)18-14(17-8-2)13-10-9-11-19(13)15(20)21-16(4,5)6/h12-13H,7-11H2,1-6H3,(H,17,18)/t12-,13+/m1/s1. The number of rotatable bonds is 4. The Balaban J connectivity index is 2.82. The smallest absolute Gasteiger partial charge is 0.410 e. The lowest BCUT2D eigenvalue weighted by Crippen LogP contribution is -2.49. The zero-order valence-corrected chi connectivity index (χ0v) is 14.4. The maximum Gasteiger partial charge on any atom is 0.410 e. The van der Waals surface area contributed by atoms with Gasteiger partial charge in [-0.2, -0.15) is 0 Å². The highest BCUT2D eigenvalue weighted by atomic mass is 16.6. The highest BCUT2D eigenvalue weighted by Gasteiger charge is 2.35.